The van der Waals surface area contributed by atoms with Crippen LogP contribution in [0.3, 0.4) is 0 Å². The van der Waals surface area contributed by atoms with Gasteiger partial charge in [0, 0.05) is 18.2 Å². The summed E-state index contributed by atoms with van der Waals surface area (Å²) in [5.74, 6) is -3.23. The third kappa shape index (κ3) is 4.36. The molecular weight excluding hydrogens is 288 g/mol. The lowest BCUT2D eigenvalue weighted by Crippen LogP contribution is -2.38. The fraction of sp³-hybridized carbons (Fsp3) is 0.417. The van der Waals surface area contributed by atoms with Crippen molar-refractivity contribution in [2.75, 3.05) is 6.54 Å². The highest BCUT2D eigenvalue weighted by Gasteiger charge is 2.27. The van der Waals surface area contributed by atoms with Gasteiger partial charge in [-0.25, -0.2) is 0 Å². The Kier molecular flexibility index (Phi) is 6.95. The number of rotatable bonds is 5. The molecule has 0 aromatic rings. The lowest BCUT2D eigenvalue weighted by atomic mass is 9.96. The second kappa shape index (κ2) is 7.66. The minimum absolute atomic E-state index is 0. The Morgan fingerprint density at radius 2 is 2.00 bits per heavy atom. The van der Waals surface area contributed by atoms with E-state index in [0.29, 0.717) is 12.5 Å². The first-order valence-corrected chi connectivity index (χ1v) is 5.79. The van der Waals surface area contributed by atoms with Crippen LogP contribution in [0.25, 0.3) is 0 Å². The van der Waals surface area contributed by atoms with Gasteiger partial charge in [-0.3, -0.25) is 14.4 Å². The van der Waals surface area contributed by atoms with E-state index >= 15 is 0 Å². The maximum atomic E-state index is 11.5. The molecule has 1 aliphatic rings. The molecule has 1 atom stereocenters. The molecule has 7 nitrogen and oxygen atoms in total. The number of amides is 1. The summed E-state index contributed by atoms with van der Waals surface area (Å²) in [6.07, 6.45) is 1.09. The van der Waals surface area contributed by atoms with Gasteiger partial charge >= 0.3 is 0 Å². The van der Waals surface area contributed by atoms with E-state index in [9.17, 15) is 24.6 Å². The number of aliphatic hydroxyl groups is 2. The molecule has 0 bridgehead atoms. The predicted molar refractivity (Wildman–Crippen MR) is 73.5 cm³/mol. The molecule has 5 N–H and O–H groups in total. The van der Waals surface area contributed by atoms with Gasteiger partial charge in [0.25, 0.3) is 0 Å². The van der Waals surface area contributed by atoms with Crippen molar-refractivity contribution < 1.29 is 24.6 Å². The summed E-state index contributed by atoms with van der Waals surface area (Å²) in [4.78, 5) is 33.9. The fourth-order valence-electron chi connectivity index (χ4n) is 1.54. The number of allylic oxidation sites excluding steroid dienone is 2. The summed E-state index contributed by atoms with van der Waals surface area (Å²) in [7, 11) is 0. The largest absolute Gasteiger partial charge is 0.504 e. The van der Waals surface area contributed by atoms with Crippen LogP contribution in [0.15, 0.2) is 23.2 Å². The Labute approximate surface area is 121 Å². The Hall–Kier alpha value is -1.86. The summed E-state index contributed by atoms with van der Waals surface area (Å²) in [6.45, 7) is 1.79. The molecule has 0 aliphatic heterocycles. The van der Waals surface area contributed by atoms with Gasteiger partial charge in [-0.05, 0) is 19.8 Å². The van der Waals surface area contributed by atoms with Crippen molar-refractivity contribution in [3.8, 4) is 0 Å². The van der Waals surface area contributed by atoms with Crippen molar-refractivity contribution in [2.24, 2.45) is 5.73 Å². The van der Waals surface area contributed by atoms with Crippen LogP contribution in [-0.2, 0) is 14.4 Å². The Balaban J connectivity index is 0.00000361. The lowest BCUT2D eigenvalue weighted by molar-refractivity contribution is -0.122. The molecule has 0 heterocycles. The van der Waals surface area contributed by atoms with Gasteiger partial charge in [-0.1, -0.05) is 0 Å². The summed E-state index contributed by atoms with van der Waals surface area (Å²) in [5.41, 5.74) is 5.20. The second-order valence-electron chi connectivity index (χ2n) is 4.23. The van der Waals surface area contributed by atoms with E-state index in [0.717, 1.165) is 0 Å². The Bertz CT molecular complexity index is 482. The quantitative estimate of drug-likeness (QED) is 0.420. The number of hydrogen-bond acceptors (Lipinski definition) is 6. The average Bonchev–Trinajstić information content (AvgIpc) is 2.35. The highest BCUT2D eigenvalue weighted by Crippen LogP contribution is 2.20. The molecule has 0 unspecified atom stereocenters. The van der Waals surface area contributed by atoms with Gasteiger partial charge in [0.2, 0.25) is 17.5 Å². The van der Waals surface area contributed by atoms with Crippen LogP contribution in [0.1, 0.15) is 19.8 Å². The summed E-state index contributed by atoms with van der Waals surface area (Å²) in [6, 6.07) is -0.627. The third-order valence-electron chi connectivity index (χ3n) is 2.61. The van der Waals surface area contributed by atoms with Crippen molar-refractivity contribution in [3.63, 3.8) is 0 Å². The number of hydrogen-bond donors (Lipinski definition) is 4. The maximum Gasteiger partial charge on any atom is 0.236 e. The number of aliphatic hydroxyl groups excluding tert-OH is 2. The molecule has 1 aliphatic carbocycles. The molecule has 1 amide bonds. The van der Waals surface area contributed by atoms with Crippen molar-refractivity contribution in [2.45, 2.75) is 25.8 Å². The second-order valence-corrected chi connectivity index (χ2v) is 4.23. The van der Waals surface area contributed by atoms with Gasteiger partial charge < -0.3 is 21.3 Å². The van der Waals surface area contributed by atoms with E-state index in [1.165, 1.54) is 6.92 Å². The van der Waals surface area contributed by atoms with Crippen molar-refractivity contribution in [1.29, 1.82) is 0 Å². The zero-order chi connectivity index (χ0) is 14.6. The van der Waals surface area contributed by atoms with Gasteiger partial charge in [0.15, 0.2) is 11.5 Å². The number of halogens is 1. The molecule has 0 spiro atoms. The molecule has 112 valence electrons. The van der Waals surface area contributed by atoms with Crippen molar-refractivity contribution in [3.05, 3.63) is 23.2 Å². The minimum Gasteiger partial charge on any atom is -0.504 e. The normalized spacial score (nSPS) is 16.4. The van der Waals surface area contributed by atoms with Crippen LogP contribution in [0.5, 0.6) is 0 Å². The lowest BCUT2D eigenvalue weighted by Gasteiger charge is -2.13. The number of carbonyl (C=O) groups is 3. The van der Waals surface area contributed by atoms with Crippen molar-refractivity contribution >= 4 is 29.9 Å². The first-order valence-electron chi connectivity index (χ1n) is 5.79. The van der Waals surface area contributed by atoms with Gasteiger partial charge in [-0.2, -0.15) is 0 Å². The molecule has 20 heavy (non-hydrogen) atoms. The molecule has 0 aromatic carbocycles. The van der Waals surface area contributed by atoms with E-state index in [-0.39, 0.29) is 36.9 Å². The minimum atomic E-state index is -0.799. The number of nitrogens with two attached hydrogens (primary N) is 1. The highest BCUT2D eigenvalue weighted by atomic mass is 35.5. The molecule has 1 rings (SSSR count). The Morgan fingerprint density at radius 3 is 2.55 bits per heavy atom. The molecule has 0 fully saturated rings. The zero-order valence-electron chi connectivity index (χ0n) is 10.9. The number of ketones is 2. The van der Waals surface area contributed by atoms with Crippen LogP contribution in [0, 0.1) is 0 Å². The highest BCUT2D eigenvalue weighted by molar-refractivity contribution is 6.20. The summed E-state index contributed by atoms with van der Waals surface area (Å²) in [5, 5.41) is 21.2. The van der Waals surface area contributed by atoms with Crippen LogP contribution in [0.4, 0.5) is 0 Å². The molecule has 0 saturated heterocycles. The average molecular weight is 305 g/mol. The monoisotopic (exact) mass is 304 g/mol. The third-order valence-corrected chi connectivity index (χ3v) is 2.61. The molecule has 0 aromatic heterocycles. The molecule has 8 heteroatoms. The van der Waals surface area contributed by atoms with Gasteiger partial charge in [0.1, 0.15) is 0 Å². The number of carbonyl (C=O) groups excluding carboxylic acids is 3. The van der Waals surface area contributed by atoms with E-state index in [4.69, 9.17) is 5.73 Å². The van der Waals surface area contributed by atoms with Crippen LogP contribution in [0.2, 0.25) is 0 Å². The first-order chi connectivity index (χ1) is 8.84. The van der Waals surface area contributed by atoms with Gasteiger partial charge in [0.05, 0.1) is 6.04 Å². The zero-order valence-corrected chi connectivity index (χ0v) is 11.7. The SMILES string of the molecule is C[C@H](N)C(=O)NCCCC1=C(O)C(=O)C=C(O)C1=O.Cl. The van der Waals surface area contributed by atoms with Crippen LogP contribution >= 0.6 is 12.4 Å². The first kappa shape index (κ1) is 18.1. The predicted octanol–water partition coefficient (Wildman–Crippen LogP) is 0.0576. The van der Waals surface area contributed by atoms with Crippen LogP contribution in [-0.4, -0.2) is 40.3 Å². The van der Waals surface area contributed by atoms with E-state index in [1.807, 2.05) is 0 Å². The van der Waals surface area contributed by atoms with Gasteiger partial charge in [-0.15, -0.1) is 12.4 Å². The van der Waals surface area contributed by atoms with E-state index in [1.54, 1.807) is 0 Å². The van der Waals surface area contributed by atoms with Crippen LogP contribution < -0.4 is 11.1 Å². The van der Waals surface area contributed by atoms with Crippen molar-refractivity contribution in [1.82, 2.24) is 5.32 Å². The topological polar surface area (TPSA) is 130 Å². The fourth-order valence-corrected chi connectivity index (χ4v) is 1.54. The summed E-state index contributed by atoms with van der Waals surface area (Å²) < 4.78 is 0. The molecule has 0 radical (unpaired) electrons. The van der Waals surface area contributed by atoms with E-state index in [2.05, 4.69) is 5.32 Å². The van der Waals surface area contributed by atoms with E-state index < -0.39 is 29.1 Å². The number of nitrogens with one attached hydrogen (secondary N) is 1. The maximum absolute atomic E-state index is 11.5. The molecule has 0 saturated carbocycles. The number of Topliss-reactive ketones (excluding diaryl/α,β-unsaturated/α-hetero) is 1. The summed E-state index contributed by atoms with van der Waals surface area (Å²) >= 11 is 0. The molecular formula is C12H17ClN2O5. The standard InChI is InChI=1S/C12H16N2O5.ClH/c1-6(13)12(19)14-4-2-3-7-10(17)8(15)5-9(16)11(7)18;/h5-6,15,18H,2-4,13H2,1H3,(H,14,19);1H/t6-;/m0./s1. The Morgan fingerprint density at radius 1 is 1.40 bits per heavy atom. The smallest absolute Gasteiger partial charge is 0.236 e.